The van der Waals surface area contributed by atoms with E-state index in [-0.39, 0.29) is 23.4 Å². The van der Waals surface area contributed by atoms with Crippen LogP contribution in [0.2, 0.25) is 0 Å². The number of hydrogen-bond acceptors (Lipinski definition) is 4. The summed E-state index contributed by atoms with van der Waals surface area (Å²) in [5.74, 6) is -0.158. The first-order chi connectivity index (χ1) is 16.7. The third-order valence-electron chi connectivity index (χ3n) is 6.62. The summed E-state index contributed by atoms with van der Waals surface area (Å²) in [6.07, 6.45) is 7.43. The Hall–Kier alpha value is -3.51. The quantitative estimate of drug-likeness (QED) is 0.352. The van der Waals surface area contributed by atoms with Crippen LogP contribution >= 0.6 is 11.3 Å². The van der Waals surface area contributed by atoms with Crippen molar-refractivity contribution in [2.24, 2.45) is 9.98 Å². The zero-order valence-corrected chi connectivity index (χ0v) is 19.4. The highest BCUT2D eigenvalue weighted by atomic mass is 32.1. The second kappa shape index (κ2) is 8.69. The van der Waals surface area contributed by atoms with Gasteiger partial charge in [0.25, 0.3) is 0 Å². The molecule has 2 aliphatic rings. The van der Waals surface area contributed by atoms with Gasteiger partial charge in [-0.05, 0) is 54.5 Å². The predicted octanol–water partition coefficient (Wildman–Crippen LogP) is 5.89. The molecule has 1 fully saturated rings. The van der Waals surface area contributed by atoms with E-state index in [4.69, 9.17) is 4.99 Å². The van der Waals surface area contributed by atoms with Crippen LogP contribution in [0.15, 0.2) is 76.7 Å². The lowest BCUT2D eigenvalue weighted by molar-refractivity contribution is 0.307. The molecular weight excluding hydrogens is 445 g/mol. The highest BCUT2D eigenvalue weighted by Crippen LogP contribution is 2.34. The molecule has 1 aliphatic carbocycles. The summed E-state index contributed by atoms with van der Waals surface area (Å²) in [5, 5.41) is 13.2. The van der Waals surface area contributed by atoms with E-state index in [9.17, 15) is 9.50 Å². The topological polar surface area (TPSA) is 49.9 Å². The maximum Gasteiger partial charge on any atom is 0.211 e. The Kier molecular flexibility index (Phi) is 5.38. The van der Waals surface area contributed by atoms with Crippen molar-refractivity contribution < 1.29 is 9.50 Å². The van der Waals surface area contributed by atoms with Crippen molar-refractivity contribution in [3.8, 4) is 17.0 Å². The normalized spacial score (nSPS) is 16.4. The van der Waals surface area contributed by atoms with Crippen LogP contribution in [-0.4, -0.2) is 9.67 Å². The van der Waals surface area contributed by atoms with Gasteiger partial charge in [0.1, 0.15) is 11.5 Å². The van der Waals surface area contributed by atoms with Crippen LogP contribution in [0.1, 0.15) is 43.0 Å². The molecule has 1 saturated carbocycles. The summed E-state index contributed by atoms with van der Waals surface area (Å²) in [6, 6.07) is 21.0. The number of benzene rings is 3. The Bertz CT molecular complexity index is 1580. The molecule has 1 aliphatic heterocycles. The molecular formula is C28H24FN3OS. The summed E-state index contributed by atoms with van der Waals surface area (Å²) >= 11 is 1.40. The molecule has 0 amide bonds. The molecule has 2 heterocycles. The first-order valence-electron chi connectivity index (χ1n) is 11.7. The minimum atomic E-state index is -0.364. The number of thiazole rings is 1. The summed E-state index contributed by atoms with van der Waals surface area (Å²) in [6.45, 7) is 0. The van der Waals surface area contributed by atoms with Gasteiger partial charge in [0, 0.05) is 17.2 Å². The first-order valence-corrected chi connectivity index (χ1v) is 12.5. The van der Waals surface area contributed by atoms with Crippen molar-refractivity contribution in [3.05, 3.63) is 92.8 Å². The number of aromatic hydroxyl groups is 1. The molecule has 0 spiro atoms. The molecule has 0 radical (unpaired) electrons. The van der Waals surface area contributed by atoms with E-state index in [2.05, 4.69) is 17.1 Å². The molecule has 6 rings (SSSR count). The summed E-state index contributed by atoms with van der Waals surface area (Å²) in [4.78, 5) is 10.7. The number of halogens is 1. The summed E-state index contributed by atoms with van der Waals surface area (Å²) < 4.78 is 16.3. The molecule has 34 heavy (non-hydrogen) atoms. The van der Waals surface area contributed by atoms with Crippen molar-refractivity contribution in [2.45, 2.75) is 38.1 Å². The van der Waals surface area contributed by atoms with Gasteiger partial charge >= 0.3 is 0 Å². The van der Waals surface area contributed by atoms with E-state index in [1.807, 2.05) is 41.0 Å². The van der Waals surface area contributed by atoms with Crippen LogP contribution in [0.5, 0.6) is 5.88 Å². The van der Waals surface area contributed by atoms with Gasteiger partial charge in [0.15, 0.2) is 4.80 Å². The Morgan fingerprint density at radius 3 is 2.62 bits per heavy atom. The van der Waals surface area contributed by atoms with Gasteiger partial charge in [-0.1, -0.05) is 67.0 Å². The first kappa shape index (κ1) is 21.1. The van der Waals surface area contributed by atoms with Crippen LogP contribution in [-0.2, 0) is 0 Å². The average Bonchev–Trinajstić information content (AvgIpc) is 3.38. The Morgan fingerprint density at radius 1 is 0.971 bits per heavy atom. The Labute approximate surface area is 200 Å². The molecule has 4 aromatic rings. The van der Waals surface area contributed by atoms with Crippen molar-refractivity contribution >= 4 is 28.8 Å². The lowest BCUT2D eigenvalue weighted by Gasteiger charge is -2.23. The van der Waals surface area contributed by atoms with Crippen LogP contribution in [0.3, 0.4) is 0 Å². The van der Waals surface area contributed by atoms with E-state index >= 15 is 0 Å². The number of fused-ring (bicyclic) bond motifs is 3. The Balaban J connectivity index is 1.50. The number of aromatic nitrogens is 1. The number of rotatable bonds is 3. The molecule has 4 nitrogen and oxygen atoms in total. The van der Waals surface area contributed by atoms with E-state index in [1.54, 1.807) is 18.2 Å². The molecule has 170 valence electrons. The van der Waals surface area contributed by atoms with Crippen LogP contribution in [0.4, 0.5) is 15.8 Å². The minimum absolute atomic E-state index is 0.170. The fraction of sp³-hybridized carbons (Fsp3) is 0.214. The molecule has 0 unspecified atom stereocenters. The van der Waals surface area contributed by atoms with Gasteiger partial charge in [-0.3, -0.25) is 4.57 Å². The van der Waals surface area contributed by atoms with Crippen LogP contribution in [0, 0.1) is 5.82 Å². The van der Waals surface area contributed by atoms with Crippen molar-refractivity contribution in [1.82, 2.24) is 4.57 Å². The predicted molar refractivity (Wildman–Crippen MR) is 134 cm³/mol. The number of para-hydroxylation sites is 2. The standard InChI is InChI=1S/C28H24FN3OS/c29-22-11-5-7-13-25(22)31-28-32(19-8-2-1-3-9-19)27(33)26(34-28)17-18-14-15-24-21(16-18)20-10-4-6-12-23(20)30-24/h4-7,10-17,19,33H,1-3,8-9H2. The van der Waals surface area contributed by atoms with Crippen molar-refractivity contribution in [3.63, 3.8) is 0 Å². The maximum atomic E-state index is 14.4. The SMILES string of the molecule is Oc1c(C=c2ccc3c(c2)-c2ccccc2N=3)sc(=Nc2ccccc2F)n1C1CCCCC1. The van der Waals surface area contributed by atoms with E-state index in [0.717, 1.165) is 58.0 Å². The minimum Gasteiger partial charge on any atom is -0.493 e. The van der Waals surface area contributed by atoms with E-state index in [0.29, 0.717) is 4.80 Å². The van der Waals surface area contributed by atoms with Crippen LogP contribution in [0.25, 0.3) is 17.2 Å². The smallest absolute Gasteiger partial charge is 0.211 e. The molecule has 0 atom stereocenters. The zero-order valence-electron chi connectivity index (χ0n) is 18.6. The van der Waals surface area contributed by atoms with E-state index < -0.39 is 0 Å². The third kappa shape index (κ3) is 3.78. The van der Waals surface area contributed by atoms with E-state index in [1.165, 1.54) is 23.8 Å². The maximum absolute atomic E-state index is 14.4. The van der Waals surface area contributed by atoms with Crippen molar-refractivity contribution in [1.29, 1.82) is 0 Å². The zero-order chi connectivity index (χ0) is 23.1. The average molecular weight is 470 g/mol. The molecule has 3 aromatic carbocycles. The van der Waals surface area contributed by atoms with Crippen molar-refractivity contribution in [2.75, 3.05) is 0 Å². The largest absolute Gasteiger partial charge is 0.493 e. The summed E-state index contributed by atoms with van der Waals surface area (Å²) in [5.41, 5.74) is 3.48. The fourth-order valence-electron chi connectivity index (χ4n) is 4.92. The number of hydrogen-bond donors (Lipinski definition) is 1. The highest BCUT2D eigenvalue weighted by Gasteiger charge is 2.22. The molecule has 0 bridgehead atoms. The van der Waals surface area contributed by atoms with Gasteiger partial charge in [0.05, 0.1) is 15.9 Å². The lowest BCUT2D eigenvalue weighted by atomic mass is 9.95. The molecule has 0 saturated heterocycles. The second-order valence-electron chi connectivity index (χ2n) is 8.85. The van der Waals surface area contributed by atoms with Gasteiger partial charge in [-0.25, -0.2) is 14.4 Å². The monoisotopic (exact) mass is 469 g/mol. The molecule has 1 aromatic heterocycles. The van der Waals surface area contributed by atoms with Crippen LogP contribution < -0.4 is 15.4 Å². The molecule has 6 heteroatoms. The lowest BCUT2D eigenvalue weighted by Crippen LogP contribution is -2.22. The fourth-order valence-corrected chi connectivity index (χ4v) is 5.98. The Morgan fingerprint density at radius 2 is 1.76 bits per heavy atom. The third-order valence-corrected chi connectivity index (χ3v) is 7.61. The second-order valence-corrected chi connectivity index (χ2v) is 9.86. The number of nitrogens with zero attached hydrogens (tertiary/aromatic N) is 3. The summed E-state index contributed by atoms with van der Waals surface area (Å²) in [7, 11) is 0. The van der Waals surface area contributed by atoms with Gasteiger partial charge in [0.2, 0.25) is 5.88 Å². The molecule has 1 N–H and O–H groups in total. The van der Waals surface area contributed by atoms with Gasteiger partial charge < -0.3 is 5.11 Å². The van der Waals surface area contributed by atoms with Gasteiger partial charge in [-0.2, -0.15) is 0 Å². The highest BCUT2D eigenvalue weighted by molar-refractivity contribution is 7.10. The van der Waals surface area contributed by atoms with Gasteiger partial charge in [-0.15, -0.1) is 0 Å².